The van der Waals surface area contributed by atoms with Crippen LogP contribution in [-0.2, 0) is 0 Å². The Hall–Kier alpha value is -1.64. The van der Waals surface area contributed by atoms with E-state index in [1.54, 1.807) is 18.7 Å². The first-order valence-electron chi connectivity index (χ1n) is 5.05. The Bertz CT molecular complexity index is 425. The maximum Gasteiger partial charge on any atom is 0.339 e. The summed E-state index contributed by atoms with van der Waals surface area (Å²) in [5, 5.41) is 9.58. The first-order chi connectivity index (χ1) is 8.11. The Balaban J connectivity index is 2.39. The second kappa shape index (κ2) is 6.84. The Morgan fingerprint density at radius 1 is 1.53 bits per heavy atom. The number of nitrogens with zero attached hydrogens (tertiary/aromatic N) is 1. The van der Waals surface area contributed by atoms with Crippen LogP contribution < -0.4 is 5.73 Å². The second-order valence-electron chi connectivity index (χ2n) is 3.28. The number of benzene rings is 1. The quantitative estimate of drug-likeness (QED) is 0.373. The SMILES string of the molecule is CC(C#CCSc1ccccc1)N(O)C(N)=O. The number of urea groups is 1. The summed E-state index contributed by atoms with van der Waals surface area (Å²) in [6.07, 6.45) is 0. The lowest BCUT2D eigenvalue weighted by Crippen LogP contribution is -2.38. The fraction of sp³-hybridized carbons (Fsp3) is 0.250. The van der Waals surface area contributed by atoms with Crippen LogP contribution >= 0.6 is 11.8 Å². The molecule has 0 aromatic heterocycles. The molecule has 0 saturated carbocycles. The van der Waals surface area contributed by atoms with Gasteiger partial charge in [0.1, 0.15) is 6.04 Å². The third-order valence-electron chi connectivity index (χ3n) is 1.96. The van der Waals surface area contributed by atoms with Gasteiger partial charge >= 0.3 is 6.03 Å². The van der Waals surface area contributed by atoms with Crippen molar-refractivity contribution in [2.45, 2.75) is 17.9 Å². The van der Waals surface area contributed by atoms with Crippen LogP contribution in [0.5, 0.6) is 0 Å². The van der Waals surface area contributed by atoms with Gasteiger partial charge in [-0.1, -0.05) is 30.0 Å². The third-order valence-corrected chi connectivity index (χ3v) is 2.85. The molecule has 90 valence electrons. The average Bonchev–Trinajstić information content (AvgIpc) is 2.34. The van der Waals surface area contributed by atoms with E-state index in [0.717, 1.165) is 4.90 Å². The van der Waals surface area contributed by atoms with Gasteiger partial charge in [0.2, 0.25) is 0 Å². The van der Waals surface area contributed by atoms with Crippen molar-refractivity contribution >= 4 is 17.8 Å². The summed E-state index contributed by atoms with van der Waals surface area (Å²) in [6.45, 7) is 1.60. The van der Waals surface area contributed by atoms with E-state index >= 15 is 0 Å². The van der Waals surface area contributed by atoms with Crippen molar-refractivity contribution in [3.05, 3.63) is 30.3 Å². The van der Waals surface area contributed by atoms with Crippen LogP contribution in [0.2, 0.25) is 0 Å². The molecule has 0 spiro atoms. The molecule has 1 aromatic carbocycles. The van der Waals surface area contributed by atoms with Gasteiger partial charge in [0.05, 0.1) is 5.75 Å². The molecule has 1 atom stereocenters. The van der Waals surface area contributed by atoms with E-state index in [-0.39, 0.29) is 0 Å². The minimum absolute atomic E-state index is 0.417. The van der Waals surface area contributed by atoms with Crippen molar-refractivity contribution in [1.82, 2.24) is 5.06 Å². The summed E-state index contributed by atoms with van der Waals surface area (Å²) < 4.78 is 0. The normalized spacial score (nSPS) is 11.2. The van der Waals surface area contributed by atoms with E-state index in [2.05, 4.69) is 11.8 Å². The van der Waals surface area contributed by atoms with Crippen LogP contribution in [0.1, 0.15) is 6.92 Å². The largest absolute Gasteiger partial charge is 0.350 e. The molecule has 2 amide bonds. The lowest BCUT2D eigenvalue weighted by atomic mass is 10.3. The van der Waals surface area contributed by atoms with Crippen LogP contribution in [0.4, 0.5) is 4.79 Å². The summed E-state index contributed by atoms with van der Waals surface area (Å²) in [5.41, 5.74) is 4.90. The van der Waals surface area contributed by atoms with Gasteiger partial charge in [-0.2, -0.15) is 5.06 Å². The molecule has 1 unspecified atom stereocenters. The van der Waals surface area contributed by atoms with Gasteiger partial charge in [0.15, 0.2) is 0 Å². The van der Waals surface area contributed by atoms with Gasteiger partial charge < -0.3 is 5.73 Å². The molecule has 0 aliphatic carbocycles. The molecular formula is C12H14N2O2S. The molecule has 5 heteroatoms. The summed E-state index contributed by atoms with van der Waals surface area (Å²) in [4.78, 5) is 11.7. The van der Waals surface area contributed by atoms with Gasteiger partial charge in [0.25, 0.3) is 0 Å². The summed E-state index contributed by atoms with van der Waals surface area (Å²) in [5.74, 6) is 6.21. The molecule has 1 rings (SSSR count). The van der Waals surface area contributed by atoms with Crippen LogP contribution in [0, 0.1) is 11.8 Å². The van der Waals surface area contributed by atoms with Crippen molar-refractivity contribution in [2.24, 2.45) is 5.73 Å². The Morgan fingerprint density at radius 3 is 2.76 bits per heavy atom. The number of primary amides is 1. The molecule has 0 radical (unpaired) electrons. The highest BCUT2D eigenvalue weighted by Gasteiger charge is 2.11. The monoisotopic (exact) mass is 250 g/mol. The topological polar surface area (TPSA) is 66.6 Å². The molecule has 0 fully saturated rings. The Kier molecular flexibility index (Phi) is 5.40. The molecule has 17 heavy (non-hydrogen) atoms. The molecule has 0 bridgehead atoms. The lowest BCUT2D eigenvalue weighted by Gasteiger charge is -2.14. The first-order valence-corrected chi connectivity index (χ1v) is 6.03. The van der Waals surface area contributed by atoms with Crippen molar-refractivity contribution < 1.29 is 10.0 Å². The van der Waals surface area contributed by atoms with E-state index in [0.29, 0.717) is 10.8 Å². The Labute approximate surface area is 105 Å². The summed E-state index contributed by atoms with van der Waals surface area (Å²) in [6, 6.07) is 8.37. The number of hydroxylamine groups is 2. The zero-order valence-corrected chi connectivity index (χ0v) is 10.3. The number of carbonyl (C=O) groups is 1. The maximum absolute atomic E-state index is 10.6. The van der Waals surface area contributed by atoms with Crippen LogP contribution in [0.3, 0.4) is 0 Å². The molecule has 0 aliphatic heterocycles. The third kappa shape index (κ3) is 4.81. The fourth-order valence-electron chi connectivity index (χ4n) is 1.08. The van der Waals surface area contributed by atoms with E-state index in [1.165, 1.54) is 0 Å². The number of amides is 2. The van der Waals surface area contributed by atoms with Crippen LogP contribution in [0.25, 0.3) is 0 Å². The number of carbonyl (C=O) groups excluding carboxylic acids is 1. The number of thioether (sulfide) groups is 1. The van der Waals surface area contributed by atoms with Gasteiger partial charge in [-0.3, -0.25) is 5.21 Å². The molecule has 0 aliphatic rings. The van der Waals surface area contributed by atoms with E-state index in [9.17, 15) is 4.79 Å². The maximum atomic E-state index is 10.6. The van der Waals surface area contributed by atoms with Gasteiger partial charge in [-0.15, -0.1) is 11.8 Å². The van der Waals surface area contributed by atoms with Gasteiger partial charge in [-0.05, 0) is 19.1 Å². The highest BCUT2D eigenvalue weighted by atomic mass is 32.2. The molecule has 4 nitrogen and oxygen atoms in total. The van der Waals surface area contributed by atoms with Crippen molar-refractivity contribution in [2.75, 3.05) is 5.75 Å². The predicted octanol–water partition coefficient (Wildman–Crippen LogP) is 1.94. The fourth-order valence-corrected chi connectivity index (χ4v) is 1.75. The lowest BCUT2D eigenvalue weighted by molar-refractivity contribution is -0.0536. The molecule has 0 heterocycles. The van der Waals surface area contributed by atoms with E-state index in [1.807, 2.05) is 30.3 Å². The second-order valence-corrected chi connectivity index (χ2v) is 4.33. The molecule has 1 aromatic rings. The average molecular weight is 250 g/mol. The predicted molar refractivity (Wildman–Crippen MR) is 67.6 cm³/mol. The van der Waals surface area contributed by atoms with Crippen LogP contribution in [0.15, 0.2) is 35.2 Å². The first kappa shape index (κ1) is 13.4. The summed E-state index contributed by atoms with van der Waals surface area (Å²) >= 11 is 1.59. The van der Waals surface area contributed by atoms with Crippen molar-refractivity contribution in [3.63, 3.8) is 0 Å². The van der Waals surface area contributed by atoms with Gasteiger partial charge in [0, 0.05) is 4.90 Å². The van der Waals surface area contributed by atoms with Crippen molar-refractivity contribution in [3.8, 4) is 11.8 Å². The number of nitrogens with two attached hydrogens (primary N) is 1. The number of hydrogen-bond acceptors (Lipinski definition) is 3. The zero-order valence-electron chi connectivity index (χ0n) is 9.46. The van der Waals surface area contributed by atoms with Gasteiger partial charge in [-0.25, -0.2) is 4.79 Å². The smallest absolute Gasteiger partial charge is 0.339 e. The van der Waals surface area contributed by atoms with Crippen molar-refractivity contribution in [1.29, 1.82) is 0 Å². The zero-order chi connectivity index (χ0) is 12.7. The van der Waals surface area contributed by atoms with Crippen LogP contribution in [-0.4, -0.2) is 28.1 Å². The standard InChI is InChI=1S/C12H14N2O2S/c1-10(14(16)12(13)15)6-5-9-17-11-7-3-2-4-8-11/h2-4,7-8,10,16H,9H2,1H3,(H2,13,15). The highest BCUT2D eigenvalue weighted by molar-refractivity contribution is 7.99. The van der Waals surface area contributed by atoms with E-state index < -0.39 is 12.1 Å². The Morgan fingerprint density at radius 2 is 2.18 bits per heavy atom. The van der Waals surface area contributed by atoms with E-state index in [4.69, 9.17) is 10.9 Å². The molecular weight excluding hydrogens is 236 g/mol. The number of rotatable bonds is 3. The minimum Gasteiger partial charge on any atom is -0.350 e. The number of hydrogen-bond donors (Lipinski definition) is 2. The molecule has 0 saturated heterocycles. The summed E-state index contributed by atoms with van der Waals surface area (Å²) in [7, 11) is 0. The molecule has 3 N–H and O–H groups in total. The highest BCUT2D eigenvalue weighted by Crippen LogP contribution is 2.15. The minimum atomic E-state index is -0.900.